The Morgan fingerprint density at radius 2 is 1.90 bits per heavy atom. The predicted octanol–water partition coefficient (Wildman–Crippen LogP) is 0.827. The highest BCUT2D eigenvalue weighted by atomic mass is 16.5. The van der Waals surface area contributed by atoms with Crippen LogP contribution in [-0.4, -0.2) is 38.2 Å². The Morgan fingerprint density at radius 3 is 2.50 bits per heavy atom. The standard InChI is InChI=1S/C14H21BN2O3/c1-13(2,18)14(3,4)20-15(19)11-7-6-10-9-17(5)16-12(10)8-11/h6-9,18-19H,1-5H3. The topological polar surface area (TPSA) is 67.5 Å². The molecule has 0 saturated heterocycles. The zero-order chi connectivity index (χ0) is 15.1. The van der Waals surface area contributed by atoms with E-state index in [1.807, 2.05) is 19.3 Å². The van der Waals surface area contributed by atoms with Crippen molar-refractivity contribution in [2.75, 3.05) is 0 Å². The first kappa shape index (κ1) is 15.0. The molecule has 0 unspecified atom stereocenters. The predicted molar refractivity (Wildman–Crippen MR) is 79.8 cm³/mol. The van der Waals surface area contributed by atoms with E-state index in [2.05, 4.69) is 5.10 Å². The summed E-state index contributed by atoms with van der Waals surface area (Å²) in [5, 5.41) is 25.6. The molecule has 0 aliphatic rings. The van der Waals surface area contributed by atoms with Crippen molar-refractivity contribution in [3.05, 3.63) is 24.4 Å². The Labute approximate surface area is 119 Å². The molecule has 0 aliphatic heterocycles. The maximum Gasteiger partial charge on any atom is 0.491 e. The highest BCUT2D eigenvalue weighted by Crippen LogP contribution is 2.25. The third-order valence-corrected chi connectivity index (χ3v) is 3.81. The molecule has 2 aromatic rings. The Bertz CT molecular complexity index is 616. The molecular formula is C14H21BN2O3. The lowest BCUT2D eigenvalue weighted by Gasteiger charge is -2.38. The van der Waals surface area contributed by atoms with Crippen LogP contribution in [0.15, 0.2) is 24.4 Å². The van der Waals surface area contributed by atoms with E-state index < -0.39 is 18.3 Å². The van der Waals surface area contributed by atoms with Crippen LogP contribution >= 0.6 is 0 Å². The number of aryl methyl sites for hydroxylation is 1. The molecule has 0 atom stereocenters. The average Bonchev–Trinajstić information content (AvgIpc) is 2.65. The van der Waals surface area contributed by atoms with Crippen LogP contribution < -0.4 is 5.46 Å². The van der Waals surface area contributed by atoms with Crippen molar-refractivity contribution in [1.29, 1.82) is 0 Å². The van der Waals surface area contributed by atoms with Crippen molar-refractivity contribution < 1.29 is 14.8 Å². The zero-order valence-electron chi connectivity index (χ0n) is 12.6. The molecule has 0 bridgehead atoms. The molecule has 20 heavy (non-hydrogen) atoms. The van der Waals surface area contributed by atoms with E-state index in [0.717, 1.165) is 10.9 Å². The first-order valence-corrected chi connectivity index (χ1v) is 6.62. The Kier molecular flexibility index (Phi) is 3.66. The summed E-state index contributed by atoms with van der Waals surface area (Å²) in [6.45, 7) is 6.80. The minimum Gasteiger partial charge on any atom is -0.423 e. The molecule has 5 nitrogen and oxygen atoms in total. The zero-order valence-corrected chi connectivity index (χ0v) is 12.6. The van der Waals surface area contributed by atoms with Crippen molar-refractivity contribution in [2.45, 2.75) is 38.9 Å². The highest BCUT2D eigenvalue weighted by molar-refractivity contribution is 6.60. The van der Waals surface area contributed by atoms with Crippen LogP contribution in [0.25, 0.3) is 10.9 Å². The van der Waals surface area contributed by atoms with Crippen molar-refractivity contribution in [3.8, 4) is 0 Å². The molecule has 2 rings (SSSR count). The first-order valence-electron chi connectivity index (χ1n) is 6.62. The third kappa shape index (κ3) is 2.87. The Hall–Kier alpha value is -1.37. The lowest BCUT2D eigenvalue weighted by molar-refractivity contribution is -0.0982. The monoisotopic (exact) mass is 276 g/mol. The lowest BCUT2D eigenvalue weighted by Crippen LogP contribution is -2.53. The van der Waals surface area contributed by atoms with Crippen LogP contribution in [0.5, 0.6) is 0 Å². The Morgan fingerprint density at radius 1 is 1.25 bits per heavy atom. The van der Waals surface area contributed by atoms with Gasteiger partial charge in [0.15, 0.2) is 0 Å². The van der Waals surface area contributed by atoms with Crippen molar-refractivity contribution >= 4 is 23.5 Å². The van der Waals surface area contributed by atoms with Gasteiger partial charge in [-0.1, -0.05) is 12.1 Å². The molecule has 0 spiro atoms. The van der Waals surface area contributed by atoms with Crippen molar-refractivity contribution in [3.63, 3.8) is 0 Å². The minimum absolute atomic E-state index is 0.619. The number of hydrogen-bond donors (Lipinski definition) is 2. The average molecular weight is 276 g/mol. The molecule has 0 saturated carbocycles. The summed E-state index contributed by atoms with van der Waals surface area (Å²) in [5.41, 5.74) is -0.531. The Balaban J connectivity index is 2.25. The number of benzene rings is 1. The molecule has 0 fully saturated rings. The number of aromatic nitrogens is 2. The molecule has 6 heteroatoms. The molecule has 0 radical (unpaired) electrons. The van der Waals surface area contributed by atoms with Gasteiger partial charge in [0.05, 0.1) is 16.7 Å². The number of nitrogens with zero attached hydrogens (tertiary/aromatic N) is 2. The van der Waals surface area contributed by atoms with Crippen LogP contribution in [0.2, 0.25) is 0 Å². The first-order chi connectivity index (χ1) is 9.10. The maximum absolute atomic E-state index is 10.2. The van der Waals surface area contributed by atoms with Crippen LogP contribution in [0.4, 0.5) is 0 Å². The fraction of sp³-hybridized carbons (Fsp3) is 0.500. The summed E-state index contributed by atoms with van der Waals surface area (Å²) in [7, 11) is 0.743. The molecule has 0 aliphatic carbocycles. The molecular weight excluding hydrogens is 255 g/mol. The van der Waals surface area contributed by atoms with Crippen LogP contribution in [0, 0.1) is 0 Å². The van der Waals surface area contributed by atoms with E-state index in [9.17, 15) is 10.1 Å². The van der Waals surface area contributed by atoms with E-state index >= 15 is 0 Å². The number of fused-ring (bicyclic) bond motifs is 1. The van der Waals surface area contributed by atoms with Gasteiger partial charge in [-0.15, -0.1) is 0 Å². The maximum atomic E-state index is 10.2. The minimum atomic E-state index is -1.11. The second-order valence-corrected chi connectivity index (χ2v) is 6.16. The van der Waals surface area contributed by atoms with Gasteiger partial charge in [-0.3, -0.25) is 4.68 Å². The third-order valence-electron chi connectivity index (χ3n) is 3.81. The second-order valence-electron chi connectivity index (χ2n) is 6.16. The highest BCUT2D eigenvalue weighted by Gasteiger charge is 2.39. The van der Waals surface area contributed by atoms with E-state index in [4.69, 9.17) is 4.65 Å². The van der Waals surface area contributed by atoms with Crippen molar-refractivity contribution in [2.24, 2.45) is 7.05 Å². The van der Waals surface area contributed by atoms with Gasteiger partial charge >= 0.3 is 7.12 Å². The van der Waals surface area contributed by atoms with Gasteiger partial charge in [0.25, 0.3) is 0 Å². The van der Waals surface area contributed by atoms with Crippen LogP contribution in [-0.2, 0) is 11.7 Å². The van der Waals surface area contributed by atoms with Gasteiger partial charge in [0.2, 0.25) is 0 Å². The van der Waals surface area contributed by atoms with E-state index in [1.54, 1.807) is 44.5 Å². The number of rotatable bonds is 4. The van der Waals surface area contributed by atoms with Crippen LogP contribution in [0.1, 0.15) is 27.7 Å². The summed E-state index contributed by atoms with van der Waals surface area (Å²) < 4.78 is 7.34. The molecule has 0 amide bonds. The fourth-order valence-electron chi connectivity index (χ4n) is 1.80. The van der Waals surface area contributed by atoms with Gasteiger partial charge in [0, 0.05) is 18.6 Å². The van der Waals surface area contributed by atoms with Gasteiger partial charge in [-0.2, -0.15) is 5.10 Å². The van der Waals surface area contributed by atoms with E-state index in [1.165, 1.54) is 0 Å². The van der Waals surface area contributed by atoms with Crippen LogP contribution in [0.3, 0.4) is 0 Å². The molecule has 1 heterocycles. The van der Waals surface area contributed by atoms with E-state index in [-0.39, 0.29) is 0 Å². The summed E-state index contributed by atoms with van der Waals surface area (Å²) in [4.78, 5) is 0. The van der Waals surface area contributed by atoms with Gasteiger partial charge in [-0.05, 0) is 39.2 Å². The van der Waals surface area contributed by atoms with Gasteiger partial charge < -0.3 is 14.8 Å². The number of aliphatic hydroxyl groups is 1. The molecule has 1 aromatic heterocycles. The normalized spacial score (nSPS) is 12.9. The molecule has 108 valence electrons. The molecule has 2 N–H and O–H groups in total. The summed E-state index contributed by atoms with van der Waals surface area (Å²) in [6.07, 6.45) is 1.91. The van der Waals surface area contributed by atoms with Crippen molar-refractivity contribution in [1.82, 2.24) is 9.78 Å². The molecule has 1 aromatic carbocycles. The second kappa shape index (κ2) is 4.88. The largest absolute Gasteiger partial charge is 0.491 e. The summed E-state index contributed by atoms with van der Waals surface area (Å²) >= 11 is 0. The SMILES string of the molecule is Cn1cc2ccc(B(O)OC(C)(C)C(C)(C)O)cc2n1. The van der Waals surface area contributed by atoms with Gasteiger partial charge in [0.1, 0.15) is 0 Å². The van der Waals surface area contributed by atoms with Gasteiger partial charge in [-0.25, -0.2) is 0 Å². The summed E-state index contributed by atoms with van der Waals surface area (Å²) in [6, 6.07) is 5.48. The smallest absolute Gasteiger partial charge is 0.423 e. The van der Waals surface area contributed by atoms with E-state index in [0.29, 0.717) is 5.46 Å². The summed E-state index contributed by atoms with van der Waals surface area (Å²) in [5.74, 6) is 0. The number of hydrogen-bond acceptors (Lipinski definition) is 4. The fourth-order valence-corrected chi connectivity index (χ4v) is 1.80. The quantitative estimate of drug-likeness (QED) is 0.812. The lowest BCUT2D eigenvalue weighted by atomic mass is 9.76.